The number of carbonyl (C=O) groups excluding carboxylic acids is 2. The van der Waals surface area contributed by atoms with E-state index in [1.165, 1.54) is 12.5 Å². The number of anilines is 1. The van der Waals surface area contributed by atoms with E-state index in [4.69, 9.17) is 4.74 Å². The predicted molar refractivity (Wildman–Crippen MR) is 88.8 cm³/mol. The Morgan fingerprint density at radius 1 is 1.09 bits per heavy atom. The van der Waals surface area contributed by atoms with Crippen LogP contribution in [-0.2, 0) is 11.2 Å². The van der Waals surface area contributed by atoms with Gasteiger partial charge in [-0.1, -0.05) is 18.2 Å². The van der Waals surface area contributed by atoms with Crippen molar-refractivity contribution in [2.75, 3.05) is 4.90 Å². The Balaban J connectivity index is 1.89. The molecule has 0 saturated heterocycles. The van der Waals surface area contributed by atoms with Crippen LogP contribution in [-0.4, -0.2) is 17.9 Å². The van der Waals surface area contributed by atoms with Crippen molar-refractivity contribution in [2.24, 2.45) is 0 Å². The minimum atomic E-state index is -0.373. The van der Waals surface area contributed by atoms with Crippen molar-refractivity contribution < 1.29 is 14.3 Å². The molecule has 118 valence electrons. The Bertz CT molecular complexity index is 737. The number of amides is 1. The molecule has 23 heavy (non-hydrogen) atoms. The summed E-state index contributed by atoms with van der Waals surface area (Å²) in [5.41, 5.74) is 2.78. The van der Waals surface area contributed by atoms with Crippen molar-refractivity contribution in [3.63, 3.8) is 0 Å². The van der Waals surface area contributed by atoms with Crippen molar-refractivity contribution in [1.29, 1.82) is 0 Å². The number of benzene rings is 2. The van der Waals surface area contributed by atoms with Gasteiger partial charge in [0.25, 0.3) is 5.91 Å². The lowest BCUT2D eigenvalue weighted by atomic mass is 9.96. The molecular weight excluding hydrogens is 290 g/mol. The first kappa shape index (κ1) is 15.3. The highest BCUT2D eigenvalue weighted by atomic mass is 16.5. The number of ether oxygens (including phenoxy) is 1. The second-order valence-electron chi connectivity index (χ2n) is 5.81. The number of aryl methyl sites for hydroxylation is 1. The minimum absolute atomic E-state index is 0.0287. The SMILES string of the molecule is CC(=O)Oc1ccc(C(=O)N2c3ccccc3CC[C@H]2C)cc1. The van der Waals surface area contributed by atoms with Crippen molar-refractivity contribution in [3.05, 3.63) is 59.7 Å². The van der Waals surface area contributed by atoms with Gasteiger partial charge in [0.15, 0.2) is 0 Å². The maximum Gasteiger partial charge on any atom is 0.308 e. The first-order valence-corrected chi connectivity index (χ1v) is 7.76. The molecule has 1 atom stereocenters. The van der Waals surface area contributed by atoms with Gasteiger partial charge in [-0.05, 0) is 55.7 Å². The lowest BCUT2D eigenvalue weighted by molar-refractivity contribution is -0.131. The maximum absolute atomic E-state index is 12.9. The molecule has 1 heterocycles. The van der Waals surface area contributed by atoms with Gasteiger partial charge in [0.2, 0.25) is 0 Å². The average molecular weight is 309 g/mol. The summed E-state index contributed by atoms with van der Waals surface area (Å²) >= 11 is 0. The number of hydrogen-bond donors (Lipinski definition) is 0. The van der Waals surface area contributed by atoms with Gasteiger partial charge in [0.1, 0.15) is 5.75 Å². The summed E-state index contributed by atoms with van der Waals surface area (Å²) in [6.07, 6.45) is 1.95. The number of para-hydroxylation sites is 1. The molecule has 1 aliphatic rings. The largest absolute Gasteiger partial charge is 0.427 e. The maximum atomic E-state index is 12.9. The number of hydrogen-bond acceptors (Lipinski definition) is 3. The molecule has 0 N–H and O–H groups in total. The summed E-state index contributed by atoms with van der Waals surface area (Å²) in [5, 5.41) is 0. The van der Waals surface area contributed by atoms with E-state index in [9.17, 15) is 9.59 Å². The van der Waals surface area contributed by atoms with Crippen molar-refractivity contribution in [1.82, 2.24) is 0 Å². The van der Waals surface area contributed by atoms with E-state index in [2.05, 4.69) is 13.0 Å². The first-order chi connectivity index (χ1) is 11.1. The van der Waals surface area contributed by atoms with E-state index < -0.39 is 0 Å². The third-order valence-electron chi connectivity index (χ3n) is 4.11. The van der Waals surface area contributed by atoms with Gasteiger partial charge in [0, 0.05) is 24.2 Å². The van der Waals surface area contributed by atoms with Gasteiger partial charge in [0.05, 0.1) is 0 Å². The second-order valence-corrected chi connectivity index (χ2v) is 5.81. The first-order valence-electron chi connectivity index (χ1n) is 7.76. The Morgan fingerprint density at radius 2 is 1.78 bits per heavy atom. The molecule has 1 amide bonds. The number of fused-ring (bicyclic) bond motifs is 1. The fourth-order valence-corrected chi connectivity index (χ4v) is 2.97. The van der Waals surface area contributed by atoms with Crippen molar-refractivity contribution in [3.8, 4) is 5.75 Å². The number of rotatable bonds is 2. The van der Waals surface area contributed by atoms with Crippen LogP contribution in [0.2, 0.25) is 0 Å². The van der Waals surface area contributed by atoms with E-state index in [0.29, 0.717) is 11.3 Å². The Hall–Kier alpha value is -2.62. The van der Waals surface area contributed by atoms with Gasteiger partial charge in [-0.25, -0.2) is 0 Å². The monoisotopic (exact) mass is 309 g/mol. The average Bonchev–Trinajstić information content (AvgIpc) is 2.54. The molecule has 0 bridgehead atoms. The van der Waals surface area contributed by atoms with Gasteiger partial charge in [-0.2, -0.15) is 0 Å². The Kier molecular flexibility index (Phi) is 4.15. The Labute approximate surface area is 135 Å². The third-order valence-corrected chi connectivity index (χ3v) is 4.11. The molecule has 0 spiro atoms. The zero-order valence-corrected chi connectivity index (χ0v) is 13.3. The molecular formula is C19H19NO3. The third kappa shape index (κ3) is 3.11. The van der Waals surface area contributed by atoms with Gasteiger partial charge < -0.3 is 9.64 Å². The highest BCUT2D eigenvalue weighted by Crippen LogP contribution is 2.31. The lowest BCUT2D eigenvalue weighted by Crippen LogP contribution is -2.42. The van der Waals surface area contributed by atoms with Gasteiger partial charge in [-0.3, -0.25) is 9.59 Å². The summed E-state index contributed by atoms with van der Waals surface area (Å²) < 4.78 is 5.01. The van der Waals surface area contributed by atoms with E-state index >= 15 is 0 Å². The van der Waals surface area contributed by atoms with Gasteiger partial charge in [-0.15, -0.1) is 0 Å². The fraction of sp³-hybridized carbons (Fsp3) is 0.263. The van der Waals surface area contributed by atoms with Crippen LogP contribution in [0.25, 0.3) is 0 Å². The second kappa shape index (κ2) is 6.24. The number of carbonyl (C=O) groups is 2. The zero-order valence-electron chi connectivity index (χ0n) is 13.3. The van der Waals surface area contributed by atoms with Crippen molar-refractivity contribution in [2.45, 2.75) is 32.7 Å². The minimum Gasteiger partial charge on any atom is -0.427 e. The molecule has 2 aromatic rings. The number of nitrogens with zero attached hydrogens (tertiary/aromatic N) is 1. The number of esters is 1. The molecule has 0 fully saturated rings. The highest BCUT2D eigenvalue weighted by molar-refractivity contribution is 6.07. The van der Waals surface area contributed by atoms with Crippen LogP contribution in [0.15, 0.2) is 48.5 Å². The van der Waals surface area contributed by atoms with Crippen LogP contribution in [0.3, 0.4) is 0 Å². The van der Waals surface area contributed by atoms with Crippen LogP contribution in [0.1, 0.15) is 36.2 Å². The van der Waals surface area contributed by atoms with Crippen LogP contribution in [0.4, 0.5) is 5.69 Å². The molecule has 3 rings (SSSR count). The predicted octanol–water partition coefficient (Wildman–Crippen LogP) is 3.59. The standard InChI is InChI=1S/C19H19NO3/c1-13-7-8-15-5-3-4-6-18(15)20(13)19(22)16-9-11-17(12-10-16)23-14(2)21/h3-6,9-13H,7-8H2,1-2H3/t13-/m1/s1. The zero-order chi connectivity index (χ0) is 16.4. The van der Waals surface area contributed by atoms with Crippen LogP contribution in [0, 0.1) is 0 Å². The van der Waals surface area contributed by atoms with Crippen LogP contribution in [0.5, 0.6) is 5.75 Å². The Morgan fingerprint density at radius 3 is 2.48 bits per heavy atom. The van der Waals surface area contributed by atoms with E-state index in [1.807, 2.05) is 23.1 Å². The summed E-state index contributed by atoms with van der Waals surface area (Å²) in [7, 11) is 0. The molecule has 4 heteroatoms. The topological polar surface area (TPSA) is 46.6 Å². The van der Waals surface area contributed by atoms with E-state index in [1.54, 1.807) is 24.3 Å². The van der Waals surface area contributed by atoms with E-state index in [0.717, 1.165) is 18.5 Å². The molecule has 0 saturated carbocycles. The summed E-state index contributed by atoms with van der Waals surface area (Å²) in [5.74, 6) is 0.0443. The lowest BCUT2D eigenvalue weighted by Gasteiger charge is -2.35. The molecule has 0 aromatic heterocycles. The highest BCUT2D eigenvalue weighted by Gasteiger charge is 2.28. The smallest absolute Gasteiger partial charge is 0.308 e. The van der Waals surface area contributed by atoms with Gasteiger partial charge >= 0.3 is 5.97 Å². The molecule has 2 aromatic carbocycles. The van der Waals surface area contributed by atoms with Crippen LogP contribution < -0.4 is 9.64 Å². The molecule has 4 nitrogen and oxygen atoms in total. The summed E-state index contributed by atoms with van der Waals surface area (Å²) in [4.78, 5) is 25.7. The normalized spacial score (nSPS) is 16.6. The van der Waals surface area contributed by atoms with Crippen molar-refractivity contribution >= 4 is 17.6 Å². The summed E-state index contributed by atoms with van der Waals surface area (Å²) in [6, 6.07) is 14.9. The molecule has 0 radical (unpaired) electrons. The van der Waals surface area contributed by atoms with E-state index in [-0.39, 0.29) is 17.9 Å². The fourth-order valence-electron chi connectivity index (χ4n) is 2.97. The summed E-state index contributed by atoms with van der Waals surface area (Å²) in [6.45, 7) is 3.42. The quantitative estimate of drug-likeness (QED) is 0.629. The molecule has 0 aliphatic carbocycles. The molecule has 1 aliphatic heterocycles. The molecule has 0 unspecified atom stereocenters. The van der Waals surface area contributed by atoms with Crippen LogP contribution >= 0.6 is 0 Å².